The second kappa shape index (κ2) is 5.64. The first kappa shape index (κ1) is 12.7. The van der Waals surface area contributed by atoms with Crippen LogP contribution in [0.1, 0.15) is 32.1 Å². The van der Waals surface area contributed by atoms with Gasteiger partial charge in [-0.1, -0.05) is 26.3 Å². The van der Waals surface area contributed by atoms with Crippen LogP contribution in [-0.4, -0.2) is 18.2 Å². The van der Waals surface area contributed by atoms with Crippen molar-refractivity contribution in [3.63, 3.8) is 0 Å². The van der Waals surface area contributed by atoms with Crippen LogP contribution in [-0.2, 0) is 5.60 Å². The van der Waals surface area contributed by atoms with Crippen molar-refractivity contribution in [2.24, 2.45) is 5.92 Å². The Morgan fingerprint density at radius 2 is 2.33 bits per heavy atom. The molecule has 0 aliphatic heterocycles. The van der Waals surface area contributed by atoms with E-state index >= 15 is 0 Å². The average Bonchev–Trinajstić information content (AvgIpc) is 2.70. The SMILES string of the molecule is CCC(C)CNCC(C)(O)c1cccs1. The van der Waals surface area contributed by atoms with E-state index in [4.69, 9.17) is 0 Å². The molecule has 2 unspecified atom stereocenters. The molecule has 1 aromatic rings. The van der Waals surface area contributed by atoms with Crippen molar-refractivity contribution in [2.45, 2.75) is 32.8 Å². The van der Waals surface area contributed by atoms with Crippen LogP contribution in [0.3, 0.4) is 0 Å². The number of hydrogen-bond donors (Lipinski definition) is 2. The van der Waals surface area contributed by atoms with E-state index in [1.807, 2.05) is 24.4 Å². The van der Waals surface area contributed by atoms with E-state index < -0.39 is 5.60 Å². The molecule has 0 amide bonds. The molecule has 86 valence electrons. The third kappa shape index (κ3) is 3.93. The maximum Gasteiger partial charge on any atom is 0.108 e. The molecule has 0 aromatic carbocycles. The fraction of sp³-hybridized carbons (Fsp3) is 0.667. The van der Waals surface area contributed by atoms with Gasteiger partial charge in [-0.2, -0.15) is 0 Å². The second-order valence-electron chi connectivity index (χ2n) is 4.40. The van der Waals surface area contributed by atoms with Gasteiger partial charge in [-0.05, 0) is 30.8 Å². The van der Waals surface area contributed by atoms with E-state index in [0.717, 1.165) is 11.4 Å². The minimum Gasteiger partial charge on any atom is -0.383 e. The molecule has 0 radical (unpaired) electrons. The summed E-state index contributed by atoms with van der Waals surface area (Å²) >= 11 is 1.60. The predicted octanol–water partition coefficient (Wildman–Crippen LogP) is 2.59. The minimum atomic E-state index is -0.734. The Hall–Kier alpha value is -0.380. The summed E-state index contributed by atoms with van der Waals surface area (Å²) < 4.78 is 0. The van der Waals surface area contributed by atoms with Crippen LogP contribution in [0.25, 0.3) is 0 Å². The molecule has 0 aliphatic rings. The lowest BCUT2D eigenvalue weighted by atomic mass is 10.0. The highest BCUT2D eigenvalue weighted by atomic mass is 32.1. The van der Waals surface area contributed by atoms with Gasteiger partial charge in [-0.15, -0.1) is 11.3 Å². The fourth-order valence-corrected chi connectivity index (χ4v) is 2.17. The van der Waals surface area contributed by atoms with E-state index in [-0.39, 0.29) is 0 Å². The topological polar surface area (TPSA) is 32.3 Å². The van der Waals surface area contributed by atoms with E-state index in [1.54, 1.807) is 11.3 Å². The Bertz CT molecular complexity index is 269. The first-order valence-electron chi connectivity index (χ1n) is 5.53. The molecule has 0 bridgehead atoms. The Morgan fingerprint density at radius 3 is 2.87 bits per heavy atom. The molecule has 0 saturated carbocycles. The van der Waals surface area contributed by atoms with Crippen LogP contribution in [0, 0.1) is 5.92 Å². The third-order valence-corrected chi connectivity index (χ3v) is 3.83. The molecule has 2 nitrogen and oxygen atoms in total. The van der Waals surface area contributed by atoms with Gasteiger partial charge in [-0.3, -0.25) is 0 Å². The summed E-state index contributed by atoms with van der Waals surface area (Å²) in [6.07, 6.45) is 1.17. The van der Waals surface area contributed by atoms with Gasteiger partial charge in [-0.25, -0.2) is 0 Å². The molecule has 1 heterocycles. The van der Waals surface area contributed by atoms with Crippen molar-refractivity contribution < 1.29 is 5.11 Å². The molecular weight excluding hydrogens is 206 g/mol. The number of hydrogen-bond acceptors (Lipinski definition) is 3. The van der Waals surface area contributed by atoms with Crippen LogP contribution in [0.5, 0.6) is 0 Å². The summed E-state index contributed by atoms with van der Waals surface area (Å²) in [6.45, 7) is 7.86. The molecule has 0 aliphatic carbocycles. The smallest absolute Gasteiger partial charge is 0.108 e. The third-order valence-electron chi connectivity index (χ3n) is 2.71. The molecular formula is C12H21NOS. The highest BCUT2D eigenvalue weighted by molar-refractivity contribution is 7.10. The molecule has 15 heavy (non-hydrogen) atoms. The highest BCUT2D eigenvalue weighted by Gasteiger charge is 2.23. The Morgan fingerprint density at radius 1 is 1.60 bits per heavy atom. The standard InChI is InChI=1S/C12H21NOS/c1-4-10(2)8-13-9-12(3,14)11-6-5-7-15-11/h5-7,10,13-14H,4,8-9H2,1-3H3. The molecule has 1 aromatic heterocycles. The Labute approximate surface area is 96.3 Å². The fourth-order valence-electron chi connectivity index (χ4n) is 1.38. The summed E-state index contributed by atoms with van der Waals surface area (Å²) in [5, 5.41) is 15.5. The Kier molecular flexibility index (Phi) is 4.77. The number of nitrogens with one attached hydrogen (secondary N) is 1. The van der Waals surface area contributed by atoms with E-state index in [0.29, 0.717) is 12.5 Å². The summed E-state index contributed by atoms with van der Waals surface area (Å²) in [7, 11) is 0. The molecule has 0 fully saturated rings. The summed E-state index contributed by atoms with van der Waals surface area (Å²) in [6, 6.07) is 3.96. The molecule has 1 rings (SSSR count). The number of rotatable bonds is 6. The number of aliphatic hydroxyl groups is 1. The van der Waals surface area contributed by atoms with Crippen LogP contribution in [0.15, 0.2) is 17.5 Å². The van der Waals surface area contributed by atoms with Gasteiger partial charge in [0, 0.05) is 11.4 Å². The van der Waals surface area contributed by atoms with Gasteiger partial charge in [0.05, 0.1) is 0 Å². The van der Waals surface area contributed by atoms with Crippen molar-refractivity contribution in [2.75, 3.05) is 13.1 Å². The molecule has 0 spiro atoms. The average molecular weight is 227 g/mol. The maximum absolute atomic E-state index is 10.2. The van der Waals surface area contributed by atoms with Crippen molar-refractivity contribution in [3.8, 4) is 0 Å². The molecule has 2 N–H and O–H groups in total. The van der Waals surface area contributed by atoms with Crippen LogP contribution >= 0.6 is 11.3 Å². The summed E-state index contributed by atoms with van der Waals surface area (Å²) in [5.41, 5.74) is -0.734. The quantitative estimate of drug-likeness (QED) is 0.783. The monoisotopic (exact) mass is 227 g/mol. The van der Waals surface area contributed by atoms with Gasteiger partial charge in [0.15, 0.2) is 0 Å². The van der Waals surface area contributed by atoms with Gasteiger partial charge in [0.2, 0.25) is 0 Å². The Balaban J connectivity index is 2.37. The summed E-state index contributed by atoms with van der Waals surface area (Å²) in [5.74, 6) is 0.670. The first-order valence-corrected chi connectivity index (χ1v) is 6.41. The first-order chi connectivity index (χ1) is 7.06. The highest BCUT2D eigenvalue weighted by Crippen LogP contribution is 2.24. The van der Waals surface area contributed by atoms with Crippen molar-refractivity contribution in [3.05, 3.63) is 22.4 Å². The number of thiophene rings is 1. The molecule has 0 saturated heterocycles. The van der Waals surface area contributed by atoms with Crippen LogP contribution < -0.4 is 5.32 Å². The molecule has 2 atom stereocenters. The second-order valence-corrected chi connectivity index (χ2v) is 5.34. The minimum absolute atomic E-state index is 0.623. The molecule has 3 heteroatoms. The lowest BCUT2D eigenvalue weighted by Crippen LogP contribution is -2.36. The zero-order chi connectivity index (χ0) is 11.3. The maximum atomic E-state index is 10.2. The van der Waals surface area contributed by atoms with Gasteiger partial charge in [0.1, 0.15) is 5.60 Å². The van der Waals surface area contributed by atoms with Crippen molar-refractivity contribution in [1.82, 2.24) is 5.32 Å². The zero-order valence-corrected chi connectivity index (χ0v) is 10.6. The lowest BCUT2D eigenvalue weighted by molar-refractivity contribution is 0.0599. The predicted molar refractivity (Wildman–Crippen MR) is 66.2 cm³/mol. The van der Waals surface area contributed by atoms with Crippen molar-refractivity contribution >= 4 is 11.3 Å². The van der Waals surface area contributed by atoms with Gasteiger partial charge < -0.3 is 10.4 Å². The lowest BCUT2D eigenvalue weighted by Gasteiger charge is -2.23. The van der Waals surface area contributed by atoms with E-state index in [1.165, 1.54) is 6.42 Å². The zero-order valence-electron chi connectivity index (χ0n) is 9.79. The van der Waals surface area contributed by atoms with Gasteiger partial charge >= 0.3 is 0 Å². The van der Waals surface area contributed by atoms with Crippen molar-refractivity contribution in [1.29, 1.82) is 0 Å². The van der Waals surface area contributed by atoms with E-state index in [2.05, 4.69) is 19.2 Å². The van der Waals surface area contributed by atoms with Gasteiger partial charge in [0.25, 0.3) is 0 Å². The largest absolute Gasteiger partial charge is 0.383 e. The van der Waals surface area contributed by atoms with Crippen LogP contribution in [0.4, 0.5) is 0 Å². The summed E-state index contributed by atoms with van der Waals surface area (Å²) in [4.78, 5) is 1.03. The normalized spacial score (nSPS) is 17.3. The van der Waals surface area contributed by atoms with E-state index in [9.17, 15) is 5.11 Å². The van der Waals surface area contributed by atoms with Crippen LogP contribution in [0.2, 0.25) is 0 Å².